The van der Waals surface area contributed by atoms with Crippen LogP contribution < -0.4 is 10.6 Å². The van der Waals surface area contributed by atoms with Crippen molar-refractivity contribution >= 4 is 6.21 Å². The molecule has 3 nitrogen and oxygen atoms in total. The zero-order valence-electron chi connectivity index (χ0n) is 8.71. The van der Waals surface area contributed by atoms with Gasteiger partial charge in [0.2, 0.25) is 0 Å². The van der Waals surface area contributed by atoms with Crippen LogP contribution in [0, 0.1) is 0 Å². The zero-order chi connectivity index (χ0) is 11.2. The molecule has 0 aliphatic rings. The average Bonchev–Trinajstić information content (AvgIpc) is 2.33. The van der Waals surface area contributed by atoms with Crippen LogP contribution in [0.3, 0.4) is 0 Å². The summed E-state index contributed by atoms with van der Waals surface area (Å²) in [6.45, 7) is 0. The summed E-state index contributed by atoms with van der Waals surface area (Å²) in [6, 6.07) is 17.2. The van der Waals surface area contributed by atoms with Crippen LogP contribution in [0.1, 0.15) is 5.56 Å². The Morgan fingerprint density at radius 2 is 1.50 bits per heavy atom. The van der Waals surface area contributed by atoms with Gasteiger partial charge in [0, 0.05) is 0 Å². The van der Waals surface area contributed by atoms with E-state index in [1.807, 2.05) is 54.6 Å². The van der Waals surface area contributed by atoms with Crippen molar-refractivity contribution in [1.29, 1.82) is 0 Å². The van der Waals surface area contributed by atoms with E-state index in [1.165, 1.54) is 0 Å². The fourth-order valence-electron chi connectivity index (χ4n) is 1.33. The Morgan fingerprint density at radius 1 is 0.875 bits per heavy atom. The Kier molecular flexibility index (Phi) is 3.18. The molecule has 0 radical (unpaired) electrons. The molecule has 0 saturated carbocycles. The van der Waals surface area contributed by atoms with E-state index < -0.39 is 0 Å². The lowest BCUT2D eigenvalue weighted by Crippen LogP contribution is -1.87. The number of hydrazone groups is 1. The predicted octanol–water partition coefficient (Wildman–Crippen LogP) is 2.77. The molecular weight excluding hydrogens is 200 g/mol. The Morgan fingerprint density at radius 3 is 2.12 bits per heavy atom. The van der Waals surface area contributed by atoms with Crippen LogP contribution in [0.5, 0.6) is 11.5 Å². The van der Waals surface area contributed by atoms with Gasteiger partial charge in [0.15, 0.2) is 0 Å². The number of para-hydroxylation sites is 1. The van der Waals surface area contributed by atoms with Crippen LogP contribution in [0.4, 0.5) is 0 Å². The van der Waals surface area contributed by atoms with Crippen molar-refractivity contribution in [3.63, 3.8) is 0 Å². The van der Waals surface area contributed by atoms with Crippen LogP contribution >= 0.6 is 0 Å². The Labute approximate surface area is 94.2 Å². The molecule has 80 valence electrons. The van der Waals surface area contributed by atoms with Crippen molar-refractivity contribution in [3.8, 4) is 11.5 Å². The molecule has 0 bridgehead atoms. The van der Waals surface area contributed by atoms with Gasteiger partial charge in [-0.3, -0.25) is 0 Å². The van der Waals surface area contributed by atoms with Crippen molar-refractivity contribution in [1.82, 2.24) is 0 Å². The Hall–Kier alpha value is -2.29. The first-order chi connectivity index (χ1) is 7.88. The first kappa shape index (κ1) is 10.2. The molecule has 16 heavy (non-hydrogen) atoms. The minimum absolute atomic E-state index is 0.792. The maximum Gasteiger partial charge on any atom is 0.127 e. The number of nitrogens with two attached hydrogens (primary N) is 1. The number of hydrogen-bond acceptors (Lipinski definition) is 3. The maximum absolute atomic E-state index is 5.64. The molecule has 2 rings (SSSR count). The highest BCUT2D eigenvalue weighted by atomic mass is 16.5. The van der Waals surface area contributed by atoms with E-state index in [4.69, 9.17) is 10.6 Å². The molecule has 2 aromatic carbocycles. The summed E-state index contributed by atoms with van der Waals surface area (Å²) in [5, 5.41) is 3.45. The average molecular weight is 212 g/mol. The van der Waals surface area contributed by atoms with Crippen molar-refractivity contribution in [2.45, 2.75) is 0 Å². The van der Waals surface area contributed by atoms with Gasteiger partial charge in [-0.15, -0.1) is 0 Å². The molecule has 2 aromatic rings. The smallest absolute Gasteiger partial charge is 0.127 e. The van der Waals surface area contributed by atoms with E-state index in [2.05, 4.69) is 5.10 Å². The summed E-state index contributed by atoms with van der Waals surface area (Å²) >= 11 is 0. The van der Waals surface area contributed by atoms with Gasteiger partial charge in [0.05, 0.1) is 6.21 Å². The van der Waals surface area contributed by atoms with Gasteiger partial charge in [-0.1, -0.05) is 18.2 Å². The summed E-state index contributed by atoms with van der Waals surface area (Å²) in [5.74, 6) is 6.67. The van der Waals surface area contributed by atoms with Crippen LogP contribution in [-0.2, 0) is 0 Å². The van der Waals surface area contributed by atoms with Crippen LogP contribution in [0.15, 0.2) is 59.7 Å². The lowest BCUT2D eigenvalue weighted by molar-refractivity contribution is 0.482. The fourth-order valence-corrected chi connectivity index (χ4v) is 1.33. The number of benzene rings is 2. The SMILES string of the molecule is N/N=C/c1ccc(Oc2ccccc2)cc1. The molecule has 0 unspecified atom stereocenters. The van der Waals surface area contributed by atoms with Crippen LogP contribution in [0.2, 0.25) is 0 Å². The molecule has 0 aliphatic carbocycles. The topological polar surface area (TPSA) is 47.6 Å². The van der Waals surface area contributed by atoms with Crippen LogP contribution in [-0.4, -0.2) is 6.21 Å². The third-order valence-electron chi connectivity index (χ3n) is 2.08. The standard InChI is InChI=1S/C13H12N2O/c14-15-10-11-6-8-13(9-7-11)16-12-4-2-1-3-5-12/h1-10H,14H2/b15-10+. The largest absolute Gasteiger partial charge is 0.457 e. The first-order valence-electron chi connectivity index (χ1n) is 4.95. The van der Waals surface area contributed by atoms with E-state index in [0.29, 0.717) is 0 Å². The van der Waals surface area contributed by atoms with Gasteiger partial charge in [0.1, 0.15) is 11.5 Å². The minimum atomic E-state index is 0.792. The molecule has 3 heteroatoms. The Bertz CT molecular complexity index is 463. The second kappa shape index (κ2) is 4.98. The van der Waals surface area contributed by atoms with E-state index in [0.717, 1.165) is 17.1 Å². The molecule has 0 saturated heterocycles. The first-order valence-corrected chi connectivity index (χ1v) is 4.95. The Balaban J connectivity index is 2.11. The van der Waals surface area contributed by atoms with Crippen molar-refractivity contribution in [3.05, 3.63) is 60.2 Å². The summed E-state index contributed by atoms with van der Waals surface area (Å²) in [5.41, 5.74) is 0.947. The normalized spacial score (nSPS) is 10.5. The van der Waals surface area contributed by atoms with E-state index in [-0.39, 0.29) is 0 Å². The van der Waals surface area contributed by atoms with Crippen molar-refractivity contribution < 1.29 is 4.74 Å². The molecule has 0 aromatic heterocycles. The molecule has 0 amide bonds. The van der Waals surface area contributed by atoms with E-state index in [9.17, 15) is 0 Å². The second-order valence-corrected chi connectivity index (χ2v) is 3.26. The molecule has 0 spiro atoms. The summed E-state index contributed by atoms with van der Waals surface area (Å²) in [6.07, 6.45) is 1.59. The van der Waals surface area contributed by atoms with Gasteiger partial charge >= 0.3 is 0 Å². The highest BCUT2D eigenvalue weighted by Crippen LogP contribution is 2.20. The number of ether oxygens (including phenoxy) is 1. The zero-order valence-corrected chi connectivity index (χ0v) is 8.71. The second-order valence-electron chi connectivity index (χ2n) is 3.26. The monoisotopic (exact) mass is 212 g/mol. The maximum atomic E-state index is 5.64. The molecule has 2 N–H and O–H groups in total. The predicted molar refractivity (Wildman–Crippen MR) is 64.7 cm³/mol. The summed E-state index contributed by atoms with van der Waals surface area (Å²) < 4.78 is 5.64. The van der Waals surface area contributed by atoms with Gasteiger partial charge < -0.3 is 10.6 Å². The number of rotatable bonds is 3. The fraction of sp³-hybridized carbons (Fsp3) is 0. The molecule has 0 aliphatic heterocycles. The lowest BCUT2D eigenvalue weighted by atomic mass is 10.2. The van der Waals surface area contributed by atoms with Gasteiger partial charge in [0.25, 0.3) is 0 Å². The van der Waals surface area contributed by atoms with Crippen LogP contribution in [0.25, 0.3) is 0 Å². The highest BCUT2D eigenvalue weighted by molar-refractivity contribution is 5.79. The van der Waals surface area contributed by atoms with Gasteiger partial charge in [-0.2, -0.15) is 5.10 Å². The molecule has 0 atom stereocenters. The lowest BCUT2D eigenvalue weighted by Gasteiger charge is -2.04. The summed E-state index contributed by atoms with van der Waals surface area (Å²) in [4.78, 5) is 0. The third kappa shape index (κ3) is 2.60. The van der Waals surface area contributed by atoms with Crippen molar-refractivity contribution in [2.75, 3.05) is 0 Å². The number of nitrogens with zero attached hydrogens (tertiary/aromatic N) is 1. The quantitative estimate of drug-likeness (QED) is 0.483. The summed E-state index contributed by atoms with van der Waals surface area (Å²) in [7, 11) is 0. The minimum Gasteiger partial charge on any atom is -0.457 e. The van der Waals surface area contributed by atoms with Crippen molar-refractivity contribution in [2.24, 2.45) is 10.9 Å². The van der Waals surface area contributed by atoms with Gasteiger partial charge in [-0.25, -0.2) is 0 Å². The molecular formula is C13H12N2O. The van der Waals surface area contributed by atoms with E-state index >= 15 is 0 Å². The highest BCUT2D eigenvalue weighted by Gasteiger charge is 1.95. The van der Waals surface area contributed by atoms with Gasteiger partial charge in [-0.05, 0) is 42.0 Å². The molecule has 0 fully saturated rings. The third-order valence-corrected chi connectivity index (χ3v) is 2.08. The van der Waals surface area contributed by atoms with E-state index in [1.54, 1.807) is 6.21 Å². The molecule has 0 heterocycles. The number of hydrogen-bond donors (Lipinski definition) is 1.